The summed E-state index contributed by atoms with van der Waals surface area (Å²) in [5.74, 6) is 0. The van der Waals surface area contributed by atoms with Gasteiger partial charge < -0.3 is 4.90 Å². The number of nitrogens with zero attached hydrogens (tertiary/aromatic N) is 4. The van der Waals surface area contributed by atoms with Crippen molar-refractivity contribution in [3.8, 4) is 22.6 Å². The smallest absolute Gasteiger partial charge is 0.131 e. The Hall–Kier alpha value is -5.23. The van der Waals surface area contributed by atoms with Crippen LogP contribution in [0.15, 0.2) is 109 Å². The number of rotatable bonds is 4. The Balaban J connectivity index is 1.42. The van der Waals surface area contributed by atoms with E-state index in [2.05, 4.69) is 97.6 Å². The molecular formula is C36H24N4S. The van der Waals surface area contributed by atoms with E-state index in [1.54, 1.807) is 17.4 Å². The van der Waals surface area contributed by atoms with Gasteiger partial charge in [0.05, 0.1) is 23.1 Å². The lowest BCUT2D eigenvalue weighted by atomic mass is 9.82. The summed E-state index contributed by atoms with van der Waals surface area (Å²) < 4.78 is 0. The lowest BCUT2D eigenvalue weighted by molar-refractivity contribution is 0.662. The molecule has 4 aromatic carbocycles. The minimum atomic E-state index is -0.241. The molecule has 41 heavy (non-hydrogen) atoms. The van der Waals surface area contributed by atoms with Crippen molar-refractivity contribution in [2.75, 3.05) is 4.90 Å². The Bertz CT molecular complexity index is 2100. The SMILES string of the molecule is CC1(C)c2cc(N(c3cnc4ccccc4c3)c3cccc4ccccc34)ccc2-c2sc(C=C(C#N)C#N)cc21. The van der Waals surface area contributed by atoms with Gasteiger partial charge in [-0.15, -0.1) is 11.3 Å². The monoisotopic (exact) mass is 544 g/mol. The molecule has 0 N–H and O–H groups in total. The van der Waals surface area contributed by atoms with Gasteiger partial charge in [-0.3, -0.25) is 4.98 Å². The van der Waals surface area contributed by atoms with Crippen LogP contribution in [-0.4, -0.2) is 4.98 Å². The second-order valence-electron chi connectivity index (χ2n) is 10.7. The van der Waals surface area contributed by atoms with E-state index in [4.69, 9.17) is 4.98 Å². The van der Waals surface area contributed by atoms with Crippen LogP contribution in [0.25, 0.3) is 38.2 Å². The molecule has 0 fully saturated rings. The summed E-state index contributed by atoms with van der Waals surface area (Å²) in [4.78, 5) is 9.25. The van der Waals surface area contributed by atoms with Gasteiger partial charge in [0.2, 0.25) is 0 Å². The van der Waals surface area contributed by atoms with Crippen LogP contribution in [0.3, 0.4) is 0 Å². The maximum Gasteiger partial charge on any atom is 0.131 e. The molecule has 0 atom stereocenters. The van der Waals surface area contributed by atoms with Gasteiger partial charge in [0.25, 0.3) is 0 Å². The number of para-hydroxylation sites is 1. The van der Waals surface area contributed by atoms with Crippen molar-refractivity contribution in [3.05, 3.63) is 125 Å². The molecule has 2 heterocycles. The highest BCUT2D eigenvalue weighted by atomic mass is 32.1. The van der Waals surface area contributed by atoms with Gasteiger partial charge in [-0.1, -0.05) is 74.5 Å². The Morgan fingerprint density at radius 1 is 0.805 bits per heavy atom. The molecule has 0 bridgehead atoms. The third-order valence-corrected chi connectivity index (χ3v) is 9.09. The molecule has 0 saturated heterocycles. The first-order valence-corrected chi connectivity index (χ1v) is 14.2. The van der Waals surface area contributed by atoms with Gasteiger partial charge in [0.1, 0.15) is 17.7 Å². The van der Waals surface area contributed by atoms with Crippen LogP contribution in [0.5, 0.6) is 0 Å². The molecule has 5 heteroatoms. The van der Waals surface area contributed by atoms with Crippen LogP contribution in [0.1, 0.15) is 29.9 Å². The van der Waals surface area contributed by atoms with Crippen LogP contribution < -0.4 is 4.90 Å². The van der Waals surface area contributed by atoms with Gasteiger partial charge in [-0.05, 0) is 64.6 Å². The number of benzene rings is 4. The minimum Gasteiger partial charge on any atom is -0.308 e. The average Bonchev–Trinajstić information content (AvgIpc) is 3.52. The van der Waals surface area contributed by atoms with Gasteiger partial charge in [-0.25, -0.2) is 0 Å². The van der Waals surface area contributed by atoms with E-state index >= 15 is 0 Å². The molecule has 7 rings (SSSR count). The van der Waals surface area contributed by atoms with Crippen LogP contribution in [0.2, 0.25) is 0 Å². The molecule has 0 saturated carbocycles. The zero-order chi connectivity index (χ0) is 28.1. The van der Waals surface area contributed by atoms with Crippen molar-refractivity contribution in [3.63, 3.8) is 0 Å². The molecule has 1 aliphatic carbocycles. The highest BCUT2D eigenvalue weighted by Gasteiger charge is 2.38. The van der Waals surface area contributed by atoms with E-state index in [0.717, 1.165) is 32.8 Å². The Morgan fingerprint density at radius 2 is 1.56 bits per heavy atom. The first kappa shape index (κ1) is 24.8. The van der Waals surface area contributed by atoms with E-state index in [1.165, 1.54) is 32.3 Å². The maximum absolute atomic E-state index is 9.24. The van der Waals surface area contributed by atoms with Crippen molar-refractivity contribution in [2.24, 2.45) is 0 Å². The maximum atomic E-state index is 9.24. The number of thiophene rings is 1. The molecule has 0 amide bonds. The van der Waals surface area contributed by atoms with E-state index < -0.39 is 0 Å². The predicted molar refractivity (Wildman–Crippen MR) is 169 cm³/mol. The van der Waals surface area contributed by atoms with Crippen molar-refractivity contribution >= 4 is 56.2 Å². The van der Waals surface area contributed by atoms with E-state index in [0.29, 0.717) is 0 Å². The predicted octanol–water partition coefficient (Wildman–Crippen LogP) is 9.66. The zero-order valence-corrected chi connectivity index (χ0v) is 23.4. The number of anilines is 3. The summed E-state index contributed by atoms with van der Waals surface area (Å²) in [7, 11) is 0. The molecule has 0 aliphatic heterocycles. The molecule has 6 aromatic rings. The molecule has 0 unspecified atom stereocenters. The van der Waals surface area contributed by atoms with E-state index in [-0.39, 0.29) is 11.0 Å². The first-order chi connectivity index (χ1) is 20.0. The summed E-state index contributed by atoms with van der Waals surface area (Å²) >= 11 is 1.63. The van der Waals surface area contributed by atoms with Crippen molar-refractivity contribution in [2.45, 2.75) is 19.3 Å². The highest BCUT2D eigenvalue weighted by Crippen LogP contribution is 2.54. The number of aromatic nitrogens is 1. The second-order valence-corrected chi connectivity index (χ2v) is 11.8. The standard InChI is InChI=1S/C36H24N4S/c1-36(2)31-18-26(14-15-30(31)35-32(36)19-28(41-35)16-23(20-37)21-38)40(27-17-25-9-4-6-12-33(25)39-22-27)34-13-7-10-24-8-3-5-11-29(24)34/h3-19,22H,1-2H3. The Kier molecular flexibility index (Phi) is 5.71. The molecule has 1 aliphatic rings. The normalized spacial score (nSPS) is 12.8. The number of nitriles is 2. The van der Waals surface area contributed by atoms with Gasteiger partial charge in [0.15, 0.2) is 0 Å². The quantitative estimate of drug-likeness (QED) is 0.207. The summed E-state index contributed by atoms with van der Waals surface area (Å²) in [6.07, 6.45) is 3.64. The zero-order valence-electron chi connectivity index (χ0n) is 22.6. The third kappa shape index (κ3) is 3.99. The van der Waals surface area contributed by atoms with Crippen LogP contribution in [0, 0.1) is 22.7 Å². The number of hydrogen-bond donors (Lipinski definition) is 0. The molecule has 194 valence electrons. The van der Waals surface area contributed by atoms with E-state index in [1.807, 2.05) is 36.5 Å². The summed E-state index contributed by atoms with van der Waals surface area (Å²) in [5.41, 5.74) is 7.68. The summed E-state index contributed by atoms with van der Waals surface area (Å²) in [5, 5.41) is 21.9. The van der Waals surface area contributed by atoms with Crippen LogP contribution in [0.4, 0.5) is 17.1 Å². The number of allylic oxidation sites excluding steroid dienone is 1. The molecular weight excluding hydrogens is 520 g/mol. The largest absolute Gasteiger partial charge is 0.308 e. The molecule has 0 spiro atoms. The molecule has 0 radical (unpaired) electrons. The topological polar surface area (TPSA) is 63.7 Å². The van der Waals surface area contributed by atoms with Gasteiger partial charge >= 0.3 is 0 Å². The highest BCUT2D eigenvalue weighted by molar-refractivity contribution is 7.16. The lowest BCUT2D eigenvalue weighted by Crippen LogP contribution is -2.16. The number of pyridine rings is 1. The van der Waals surface area contributed by atoms with Crippen molar-refractivity contribution < 1.29 is 0 Å². The number of hydrogen-bond acceptors (Lipinski definition) is 5. The van der Waals surface area contributed by atoms with Gasteiger partial charge in [-0.2, -0.15) is 10.5 Å². The van der Waals surface area contributed by atoms with Gasteiger partial charge in [0, 0.05) is 31.6 Å². The third-order valence-electron chi connectivity index (χ3n) is 7.97. The average molecular weight is 545 g/mol. The second kappa shape index (κ2) is 9.45. The lowest BCUT2D eigenvalue weighted by Gasteiger charge is -2.29. The first-order valence-electron chi connectivity index (χ1n) is 13.4. The van der Waals surface area contributed by atoms with Crippen LogP contribution in [-0.2, 0) is 5.41 Å². The molecule has 4 nitrogen and oxygen atoms in total. The van der Waals surface area contributed by atoms with Crippen molar-refractivity contribution in [1.29, 1.82) is 10.5 Å². The fraction of sp³-hybridized carbons (Fsp3) is 0.0833. The van der Waals surface area contributed by atoms with Crippen LogP contribution >= 0.6 is 11.3 Å². The van der Waals surface area contributed by atoms with E-state index in [9.17, 15) is 10.5 Å². The summed E-state index contributed by atoms with van der Waals surface area (Å²) in [6.45, 7) is 4.49. The Labute approximate surface area is 242 Å². The number of fused-ring (bicyclic) bond motifs is 5. The summed E-state index contributed by atoms with van der Waals surface area (Å²) in [6, 6.07) is 38.1. The minimum absolute atomic E-state index is 0.119. The fourth-order valence-electron chi connectivity index (χ4n) is 5.92. The van der Waals surface area contributed by atoms with Crippen molar-refractivity contribution in [1.82, 2.24) is 4.98 Å². The fourth-order valence-corrected chi connectivity index (χ4v) is 7.22. The molecule has 2 aromatic heterocycles. The Morgan fingerprint density at radius 3 is 2.39 bits per heavy atom.